The highest BCUT2D eigenvalue weighted by Gasteiger charge is 2.19. The van der Waals surface area contributed by atoms with Gasteiger partial charge in [-0.1, -0.05) is 6.07 Å². The summed E-state index contributed by atoms with van der Waals surface area (Å²) in [7, 11) is -3.76. The highest BCUT2D eigenvalue weighted by atomic mass is 32.2. The van der Waals surface area contributed by atoms with Crippen LogP contribution in [0.2, 0.25) is 0 Å². The van der Waals surface area contributed by atoms with Crippen molar-refractivity contribution >= 4 is 27.3 Å². The number of fused-ring (bicyclic) bond motifs is 1. The fourth-order valence-corrected chi connectivity index (χ4v) is 4.12. The summed E-state index contributed by atoms with van der Waals surface area (Å²) in [6.07, 6.45) is 2.98. The monoisotopic (exact) mass is 351 g/mol. The Morgan fingerprint density at radius 3 is 2.83 bits per heavy atom. The minimum absolute atomic E-state index is 0.0387. The predicted octanol–water partition coefficient (Wildman–Crippen LogP) is 1.49. The summed E-state index contributed by atoms with van der Waals surface area (Å²) in [5, 5.41) is 2.65. The summed E-state index contributed by atoms with van der Waals surface area (Å²) in [5.74, 6) is -0.444. The van der Waals surface area contributed by atoms with Crippen LogP contribution in [0.4, 0.5) is 0 Å². The summed E-state index contributed by atoms with van der Waals surface area (Å²) < 4.78 is 24.5. The molecule has 1 aliphatic rings. The van der Waals surface area contributed by atoms with E-state index in [2.05, 4.69) is 15.2 Å². The predicted molar refractivity (Wildman–Crippen MR) is 87.5 cm³/mol. The molecule has 1 heterocycles. The molecule has 2 N–H and O–H groups in total. The van der Waals surface area contributed by atoms with Crippen LogP contribution in [0.15, 0.2) is 28.5 Å². The maximum atomic E-state index is 12.3. The molecule has 23 heavy (non-hydrogen) atoms. The SMILES string of the molecule is Cc1nc(CC(=O)NNS(=O)(=O)c2ccc3c(c2)CCC3)cs1. The van der Waals surface area contributed by atoms with E-state index in [0.29, 0.717) is 5.69 Å². The number of amides is 1. The number of benzene rings is 1. The first-order chi connectivity index (χ1) is 10.9. The fraction of sp³-hybridized carbons (Fsp3) is 0.333. The number of sulfonamides is 1. The van der Waals surface area contributed by atoms with Crippen molar-refractivity contribution in [3.63, 3.8) is 0 Å². The van der Waals surface area contributed by atoms with E-state index in [0.717, 1.165) is 29.8 Å². The second kappa shape index (κ2) is 6.38. The van der Waals surface area contributed by atoms with Crippen LogP contribution in [-0.4, -0.2) is 19.3 Å². The molecule has 0 aliphatic heterocycles. The van der Waals surface area contributed by atoms with Crippen LogP contribution >= 0.6 is 11.3 Å². The quantitative estimate of drug-likeness (QED) is 0.799. The third-order valence-electron chi connectivity index (χ3n) is 3.71. The number of thiazole rings is 1. The smallest absolute Gasteiger partial charge is 0.257 e. The zero-order valence-corrected chi connectivity index (χ0v) is 14.3. The molecule has 122 valence electrons. The summed E-state index contributed by atoms with van der Waals surface area (Å²) in [5.41, 5.74) is 5.13. The van der Waals surface area contributed by atoms with Gasteiger partial charge in [0.05, 0.1) is 22.0 Å². The molecule has 1 amide bonds. The summed E-state index contributed by atoms with van der Waals surface area (Å²) in [4.78, 5) is 18.3. The Morgan fingerprint density at radius 1 is 1.30 bits per heavy atom. The first kappa shape index (κ1) is 16.1. The van der Waals surface area contributed by atoms with Crippen molar-refractivity contribution in [1.29, 1.82) is 0 Å². The van der Waals surface area contributed by atoms with Crippen molar-refractivity contribution in [2.45, 2.75) is 37.5 Å². The number of nitrogens with zero attached hydrogens (tertiary/aromatic N) is 1. The van der Waals surface area contributed by atoms with Gasteiger partial charge >= 0.3 is 0 Å². The lowest BCUT2D eigenvalue weighted by molar-refractivity contribution is -0.120. The third-order valence-corrected chi connectivity index (χ3v) is 5.78. The molecule has 0 unspecified atom stereocenters. The Morgan fingerprint density at radius 2 is 2.09 bits per heavy atom. The summed E-state index contributed by atoms with van der Waals surface area (Å²) in [6.45, 7) is 1.85. The average Bonchev–Trinajstić information content (AvgIpc) is 3.13. The first-order valence-corrected chi connectivity index (χ1v) is 9.64. The lowest BCUT2D eigenvalue weighted by atomic mass is 10.1. The lowest BCUT2D eigenvalue weighted by Gasteiger charge is -2.09. The van der Waals surface area contributed by atoms with E-state index in [1.807, 2.05) is 13.0 Å². The molecule has 8 heteroatoms. The molecule has 0 spiro atoms. The van der Waals surface area contributed by atoms with Crippen LogP contribution in [0.1, 0.15) is 28.2 Å². The van der Waals surface area contributed by atoms with Crippen LogP contribution in [0, 0.1) is 6.92 Å². The standard InChI is InChI=1S/C15H17N3O3S2/c1-10-16-13(9-22-10)8-15(19)17-18-23(20,21)14-6-5-11-3-2-4-12(11)7-14/h5-7,9,18H,2-4,8H2,1H3,(H,17,19). The maximum Gasteiger partial charge on any atom is 0.257 e. The Kier molecular flexibility index (Phi) is 4.47. The Bertz CT molecular complexity index is 843. The normalized spacial score (nSPS) is 13.8. The van der Waals surface area contributed by atoms with E-state index in [4.69, 9.17) is 0 Å². The van der Waals surface area contributed by atoms with Crippen LogP contribution in [0.5, 0.6) is 0 Å². The molecule has 1 aromatic heterocycles. The van der Waals surface area contributed by atoms with Crippen molar-refractivity contribution in [3.05, 3.63) is 45.4 Å². The average molecular weight is 351 g/mol. The van der Waals surface area contributed by atoms with E-state index in [1.54, 1.807) is 17.5 Å². The molecule has 2 aromatic rings. The zero-order valence-electron chi connectivity index (χ0n) is 12.6. The number of carbonyl (C=O) groups is 1. The molecule has 0 atom stereocenters. The van der Waals surface area contributed by atoms with Crippen molar-refractivity contribution in [3.8, 4) is 0 Å². The molecule has 3 rings (SSSR count). The Balaban J connectivity index is 1.63. The van der Waals surface area contributed by atoms with E-state index in [1.165, 1.54) is 16.9 Å². The van der Waals surface area contributed by atoms with Crippen LogP contribution in [0.25, 0.3) is 0 Å². The van der Waals surface area contributed by atoms with Crippen molar-refractivity contribution in [2.75, 3.05) is 0 Å². The second-order valence-corrected chi connectivity index (χ2v) is 8.22. The maximum absolute atomic E-state index is 12.3. The lowest BCUT2D eigenvalue weighted by Crippen LogP contribution is -2.42. The van der Waals surface area contributed by atoms with Gasteiger partial charge in [0.1, 0.15) is 0 Å². The number of carbonyl (C=O) groups excluding carboxylic acids is 1. The Hall–Kier alpha value is -1.77. The van der Waals surface area contributed by atoms with Crippen molar-refractivity contribution in [1.82, 2.24) is 15.2 Å². The highest BCUT2D eigenvalue weighted by molar-refractivity contribution is 7.89. The van der Waals surface area contributed by atoms with Gasteiger partial charge in [0.2, 0.25) is 5.91 Å². The van der Waals surface area contributed by atoms with Crippen LogP contribution in [0.3, 0.4) is 0 Å². The first-order valence-electron chi connectivity index (χ1n) is 7.27. The van der Waals surface area contributed by atoms with Crippen molar-refractivity contribution in [2.24, 2.45) is 0 Å². The third kappa shape index (κ3) is 3.77. The topological polar surface area (TPSA) is 88.2 Å². The van der Waals surface area contributed by atoms with Crippen LogP contribution < -0.4 is 10.3 Å². The number of hydrogen-bond acceptors (Lipinski definition) is 5. The number of rotatable bonds is 5. The summed E-state index contributed by atoms with van der Waals surface area (Å²) >= 11 is 1.45. The van der Waals surface area contributed by atoms with Gasteiger partial charge in [0.25, 0.3) is 10.0 Å². The molecule has 0 fully saturated rings. The van der Waals surface area contributed by atoms with E-state index < -0.39 is 15.9 Å². The number of hydrogen-bond donors (Lipinski definition) is 2. The van der Waals surface area contributed by atoms with Gasteiger partial charge in [-0.05, 0) is 49.4 Å². The number of aromatic nitrogens is 1. The van der Waals surface area contributed by atoms with Gasteiger partial charge in [0, 0.05) is 5.38 Å². The second-order valence-electron chi connectivity index (χ2n) is 5.47. The molecule has 0 saturated heterocycles. The largest absolute Gasteiger partial charge is 0.277 e. The van der Waals surface area contributed by atoms with Crippen molar-refractivity contribution < 1.29 is 13.2 Å². The van der Waals surface area contributed by atoms with Gasteiger partial charge < -0.3 is 0 Å². The van der Waals surface area contributed by atoms with E-state index in [9.17, 15) is 13.2 Å². The van der Waals surface area contributed by atoms with E-state index >= 15 is 0 Å². The van der Waals surface area contributed by atoms with Gasteiger partial charge in [-0.3, -0.25) is 10.2 Å². The molecular formula is C15H17N3O3S2. The molecule has 0 bridgehead atoms. The Labute approximate surface area is 139 Å². The number of aryl methyl sites for hydroxylation is 3. The number of hydrazine groups is 1. The molecular weight excluding hydrogens is 334 g/mol. The zero-order chi connectivity index (χ0) is 16.4. The van der Waals surface area contributed by atoms with Gasteiger partial charge in [0.15, 0.2) is 0 Å². The minimum atomic E-state index is -3.76. The van der Waals surface area contributed by atoms with Gasteiger partial charge in [-0.15, -0.1) is 16.2 Å². The summed E-state index contributed by atoms with van der Waals surface area (Å²) in [6, 6.07) is 5.10. The number of nitrogens with one attached hydrogen (secondary N) is 2. The molecule has 0 radical (unpaired) electrons. The molecule has 1 aliphatic carbocycles. The highest BCUT2D eigenvalue weighted by Crippen LogP contribution is 2.24. The molecule has 1 aromatic carbocycles. The minimum Gasteiger partial charge on any atom is -0.277 e. The van der Waals surface area contributed by atoms with Gasteiger partial charge in [-0.25, -0.2) is 13.4 Å². The van der Waals surface area contributed by atoms with Gasteiger partial charge in [-0.2, -0.15) is 0 Å². The molecule has 0 saturated carbocycles. The van der Waals surface area contributed by atoms with E-state index in [-0.39, 0.29) is 11.3 Å². The van der Waals surface area contributed by atoms with Crippen LogP contribution in [-0.2, 0) is 34.1 Å². The molecule has 6 nitrogen and oxygen atoms in total. The fourth-order valence-electron chi connectivity index (χ4n) is 2.60.